The molecule has 0 aliphatic rings. The molecule has 5 heteroatoms. The van der Waals surface area contributed by atoms with Crippen molar-refractivity contribution in [1.29, 1.82) is 0 Å². The number of nitrogens with zero attached hydrogens (tertiary/aromatic N) is 1. The van der Waals surface area contributed by atoms with Crippen LogP contribution >= 0.6 is 0 Å². The molecule has 5 nitrogen and oxygen atoms in total. The summed E-state index contributed by atoms with van der Waals surface area (Å²) in [6.07, 6.45) is 1.60. The molecule has 98 valence electrons. The van der Waals surface area contributed by atoms with Crippen molar-refractivity contribution in [2.24, 2.45) is 0 Å². The van der Waals surface area contributed by atoms with Gasteiger partial charge in [0, 0.05) is 6.20 Å². The van der Waals surface area contributed by atoms with E-state index in [1.54, 1.807) is 24.4 Å². The maximum absolute atomic E-state index is 12.1. The van der Waals surface area contributed by atoms with Crippen LogP contribution in [0.25, 0.3) is 0 Å². The highest BCUT2D eigenvalue weighted by Gasteiger charge is 2.17. The second kappa shape index (κ2) is 5.39. The normalized spacial score (nSPS) is 10.0. The highest BCUT2D eigenvalue weighted by atomic mass is 16.5. The standard InChI is InChI=1S/C14H14N2O3/c1-9-6-7-15-12(8-9)16-14(18)13-10(17)4-3-5-11(13)19-2/h3-8,17H,1-2H3,(H,15,16,18). The minimum absolute atomic E-state index is 0.0910. The predicted octanol–water partition coefficient (Wildman–Crippen LogP) is 2.36. The first-order valence-electron chi connectivity index (χ1n) is 5.72. The number of benzene rings is 1. The number of hydrogen-bond donors (Lipinski definition) is 2. The minimum Gasteiger partial charge on any atom is -0.507 e. The summed E-state index contributed by atoms with van der Waals surface area (Å²) >= 11 is 0. The van der Waals surface area contributed by atoms with Gasteiger partial charge in [-0.1, -0.05) is 6.07 Å². The zero-order valence-electron chi connectivity index (χ0n) is 10.7. The van der Waals surface area contributed by atoms with Gasteiger partial charge < -0.3 is 15.2 Å². The smallest absolute Gasteiger partial charge is 0.264 e. The summed E-state index contributed by atoms with van der Waals surface area (Å²) < 4.78 is 5.07. The number of methoxy groups -OCH3 is 1. The molecule has 0 aliphatic carbocycles. The quantitative estimate of drug-likeness (QED) is 0.886. The fourth-order valence-corrected chi connectivity index (χ4v) is 1.70. The maximum Gasteiger partial charge on any atom is 0.264 e. The highest BCUT2D eigenvalue weighted by molar-refractivity contribution is 6.07. The number of ether oxygens (including phenoxy) is 1. The Morgan fingerprint density at radius 2 is 2.16 bits per heavy atom. The molecule has 2 N–H and O–H groups in total. The van der Waals surface area contributed by atoms with Crippen LogP contribution in [-0.2, 0) is 0 Å². The molecule has 0 spiro atoms. The van der Waals surface area contributed by atoms with Crippen LogP contribution in [0.5, 0.6) is 11.5 Å². The van der Waals surface area contributed by atoms with Crippen molar-refractivity contribution >= 4 is 11.7 Å². The average molecular weight is 258 g/mol. The third-order valence-electron chi connectivity index (χ3n) is 2.61. The summed E-state index contributed by atoms with van der Waals surface area (Å²) in [5.41, 5.74) is 1.07. The summed E-state index contributed by atoms with van der Waals surface area (Å²) in [6.45, 7) is 1.90. The Morgan fingerprint density at radius 1 is 1.37 bits per heavy atom. The number of phenolic OH excluding ortho intramolecular Hbond substituents is 1. The van der Waals surface area contributed by atoms with Crippen LogP contribution in [-0.4, -0.2) is 23.1 Å². The SMILES string of the molecule is COc1cccc(O)c1C(=O)Nc1cc(C)ccn1. The van der Waals surface area contributed by atoms with Crippen LogP contribution in [0.3, 0.4) is 0 Å². The highest BCUT2D eigenvalue weighted by Crippen LogP contribution is 2.27. The molecule has 1 aromatic carbocycles. The van der Waals surface area contributed by atoms with E-state index in [0.29, 0.717) is 11.6 Å². The zero-order chi connectivity index (χ0) is 13.8. The van der Waals surface area contributed by atoms with Crippen LogP contribution in [0.2, 0.25) is 0 Å². The van der Waals surface area contributed by atoms with E-state index in [0.717, 1.165) is 5.56 Å². The van der Waals surface area contributed by atoms with Gasteiger partial charge in [0.2, 0.25) is 0 Å². The number of aromatic hydroxyl groups is 1. The number of carbonyl (C=O) groups excluding carboxylic acids is 1. The third kappa shape index (κ3) is 2.82. The van der Waals surface area contributed by atoms with Gasteiger partial charge in [-0.25, -0.2) is 4.98 Å². The zero-order valence-corrected chi connectivity index (χ0v) is 10.7. The molecule has 0 atom stereocenters. The minimum atomic E-state index is -0.465. The first-order valence-corrected chi connectivity index (χ1v) is 5.72. The van der Waals surface area contributed by atoms with Gasteiger partial charge >= 0.3 is 0 Å². The number of anilines is 1. The number of nitrogens with one attached hydrogen (secondary N) is 1. The Labute approximate surface area is 110 Å². The van der Waals surface area contributed by atoms with Crippen molar-refractivity contribution in [3.05, 3.63) is 47.7 Å². The van der Waals surface area contributed by atoms with E-state index in [9.17, 15) is 9.90 Å². The van der Waals surface area contributed by atoms with Crippen LogP contribution in [0, 0.1) is 6.92 Å². The number of rotatable bonds is 3. The number of aromatic nitrogens is 1. The lowest BCUT2D eigenvalue weighted by Gasteiger charge is -2.10. The van der Waals surface area contributed by atoms with Gasteiger partial charge in [-0.3, -0.25) is 4.79 Å². The number of aryl methyl sites for hydroxylation is 1. The Hall–Kier alpha value is -2.56. The van der Waals surface area contributed by atoms with E-state index in [1.807, 2.05) is 13.0 Å². The Kier molecular flexibility index (Phi) is 3.66. The van der Waals surface area contributed by atoms with Crippen LogP contribution in [0.4, 0.5) is 5.82 Å². The largest absolute Gasteiger partial charge is 0.507 e. The van der Waals surface area contributed by atoms with E-state index in [4.69, 9.17) is 4.74 Å². The molecule has 19 heavy (non-hydrogen) atoms. The van der Waals surface area contributed by atoms with Gasteiger partial charge in [0.15, 0.2) is 0 Å². The molecule has 1 aromatic heterocycles. The molecule has 1 heterocycles. The molecule has 2 aromatic rings. The number of phenols is 1. The number of pyridine rings is 1. The van der Waals surface area contributed by atoms with Crippen LogP contribution < -0.4 is 10.1 Å². The first-order chi connectivity index (χ1) is 9.11. The van der Waals surface area contributed by atoms with Crippen molar-refractivity contribution in [1.82, 2.24) is 4.98 Å². The van der Waals surface area contributed by atoms with E-state index in [2.05, 4.69) is 10.3 Å². The van der Waals surface area contributed by atoms with Crippen molar-refractivity contribution in [2.45, 2.75) is 6.92 Å². The molecule has 0 radical (unpaired) electrons. The maximum atomic E-state index is 12.1. The second-order valence-electron chi connectivity index (χ2n) is 4.03. The summed E-state index contributed by atoms with van der Waals surface area (Å²) in [4.78, 5) is 16.2. The summed E-state index contributed by atoms with van der Waals surface area (Å²) in [5.74, 6) is 0.137. The molecular weight excluding hydrogens is 244 g/mol. The molecule has 0 fully saturated rings. The molecule has 0 saturated heterocycles. The third-order valence-corrected chi connectivity index (χ3v) is 2.61. The van der Waals surface area contributed by atoms with Gasteiger partial charge in [0.05, 0.1) is 7.11 Å². The summed E-state index contributed by atoms with van der Waals surface area (Å²) in [6, 6.07) is 8.22. The number of amides is 1. The lowest BCUT2D eigenvalue weighted by atomic mass is 10.1. The van der Waals surface area contributed by atoms with E-state index in [-0.39, 0.29) is 11.3 Å². The lowest BCUT2D eigenvalue weighted by molar-refractivity contribution is 0.102. The summed E-state index contributed by atoms with van der Waals surface area (Å²) in [5, 5.41) is 12.4. The van der Waals surface area contributed by atoms with E-state index in [1.165, 1.54) is 13.2 Å². The molecule has 0 aliphatic heterocycles. The molecule has 2 rings (SSSR count). The number of hydrogen-bond acceptors (Lipinski definition) is 4. The molecule has 1 amide bonds. The number of carbonyl (C=O) groups is 1. The van der Waals surface area contributed by atoms with Gasteiger partial charge in [-0.2, -0.15) is 0 Å². The monoisotopic (exact) mass is 258 g/mol. The van der Waals surface area contributed by atoms with Crippen molar-refractivity contribution in [3.8, 4) is 11.5 Å². The average Bonchev–Trinajstić information content (AvgIpc) is 2.38. The Balaban J connectivity index is 2.30. The van der Waals surface area contributed by atoms with Gasteiger partial charge in [0.1, 0.15) is 22.9 Å². The fraction of sp³-hybridized carbons (Fsp3) is 0.143. The van der Waals surface area contributed by atoms with Crippen molar-refractivity contribution < 1.29 is 14.6 Å². The predicted molar refractivity (Wildman–Crippen MR) is 71.6 cm³/mol. The fourth-order valence-electron chi connectivity index (χ4n) is 1.70. The van der Waals surface area contributed by atoms with Crippen LogP contribution in [0.15, 0.2) is 36.5 Å². The Bertz CT molecular complexity index is 611. The first kappa shape index (κ1) is 12.9. The molecule has 0 unspecified atom stereocenters. The van der Waals surface area contributed by atoms with Crippen LogP contribution in [0.1, 0.15) is 15.9 Å². The molecular formula is C14H14N2O3. The topological polar surface area (TPSA) is 71.5 Å². The summed E-state index contributed by atoms with van der Waals surface area (Å²) in [7, 11) is 1.44. The lowest BCUT2D eigenvalue weighted by Crippen LogP contribution is -2.14. The molecule has 0 saturated carbocycles. The van der Waals surface area contributed by atoms with Crippen molar-refractivity contribution in [3.63, 3.8) is 0 Å². The molecule has 0 bridgehead atoms. The van der Waals surface area contributed by atoms with Gasteiger partial charge in [-0.05, 0) is 36.8 Å². The van der Waals surface area contributed by atoms with Gasteiger partial charge in [-0.15, -0.1) is 0 Å². The van der Waals surface area contributed by atoms with E-state index >= 15 is 0 Å². The second-order valence-corrected chi connectivity index (χ2v) is 4.03. The van der Waals surface area contributed by atoms with Crippen molar-refractivity contribution in [2.75, 3.05) is 12.4 Å². The van der Waals surface area contributed by atoms with Gasteiger partial charge in [0.25, 0.3) is 5.91 Å². The van der Waals surface area contributed by atoms with E-state index < -0.39 is 5.91 Å². The Morgan fingerprint density at radius 3 is 2.84 bits per heavy atom.